The fourth-order valence-electron chi connectivity index (χ4n) is 2.72. The van der Waals surface area contributed by atoms with Crippen LogP contribution >= 0.6 is 0 Å². The molecule has 1 aromatic heterocycles. The van der Waals surface area contributed by atoms with Gasteiger partial charge in [0.15, 0.2) is 5.78 Å². The molecule has 0 aliphatic carbocycles. The van der Waals surface area contributed by atoms with Gasteiger partial charge in [-0.3, -0.25) is 19.2 Å². The van der Waals surface area contributed by atoms with Gasteiger partial charge in [0, 0.05) is 16.8 Å². The highest BCUT2D eigenvalue weighted by atomic mass is 16.2. The molecule has 3 rings (SSSR count). The summed E-state index contributed by atoms with van der Waals surface area (Å²) in [7, 11) is 0. The summed E-state index contributed by atoms with van der Waals surface area (Å²) in [5, 5.41) is 10.1. The van der Waals surface area contributed by atoms with Crippen LogP contribution in [0.15, 0.2) is 51.4 Å². The van der Waals surface area contributed by atoms with Crippen LogP contribution in [0.1, 0.15) is 27.6 Å². The summed E-state index contributed by atoms with van der Waals surface area (Å²) >= 11 is 0. The van der Waals surface area contributed by atoms with Crippen LogP contribution in [0.5, 0.6) is 0 Å². The number of azo groups is 1. The van der Waals surface area contributed by atoms with E-state index in [1.807, 2.05) is 0 Å². The van der Waals surface area contributed by atoms with Crippen LogP contribution in [0.4, 0.5) is 11.4 Å². The minimum absolute atomic E-state index is 0.00969. The Morgan fingerprint density at radius 1 is 0.935 bits per heavy atom. The van der Waals surface area contributed by atoms with Gasteiger partial charge in [-0.25, -0.2) is 4.79 Å². The van der Waals surface area contributed by atoms with E-state index in [-0.39, 0.29) is 16.8 Å². The quantitative estimate of drug-likeness (QED) is 0.274. The second kappa shape index (κ2) is 8.41. The monoisotopic (exact) mass is 423 g/mol. The molecule has 12 heteroatoms. The number of benzene rings is 2. The first-order chi connectivity index (χ1) is 14.6. The summed E-state index contributed by atoms with van der Waals surface area (Å²) in [4.78, 5) is 63.8. The van der Waals surface area contributed by atoms with E-state index < -0.39 is 35.2 Å². The zero-order chi connectivity index (χ0) is 22.7. The van der Waals surface area contributed by atoms with Crippen molar-refractivity contribution in [2.45, 2.75) is 13.0 Å². The summed E-state index contributed by atoms with van der Waals surface area (Å²) in [5.74, 6) is -3.01. The van der Waals surface area contributed by atoms with Gasteiger partial charge in [-0.2, -0.15) is 10.2 Å². The Morgan fingerprint density at radius 2 is 1.55 bits per heavy atom. The number of nitrogens with two attached hydrogens (primary N) is 2. The Bertz CT molecular complexity index is 1270. The van der Waals surface area contributed by atoms with Crippen LogP contribution in [-0.4, -0.2) is 39.5 Å². The number of rotatable bonds is 7. The third-order valence-corrected chi connectivity index (χ3v) is 4.19. The lowest BCUT2D eigenvalue weighted by Crippen LogP contribution is -2.31. The second-order valence-electron chi connectivity index (χ2n) is 6.55. The molecular weight excluding hydrogens is 406 g/mol. The molecule has 0 fully saturated rings. The molecule has 0 saturated heterocycles. The van der Waals surface area contributed by atoms with Crippen molar-refractivity contribution >= 4 is 45.9 Å². The molecule has 0 aliphatic rings. The summed E-state index contributed by atoms with van der Waals surface area (Å²) in [6, 6.07) is 6.79. The predicted octanol–water partition coefficient (Wildman–Crippen LogP) is 0.734. The van der Waals surface area contributed by atoms with Gasteiger partial charge < -0.3 is 26.8 Å². The van der Waals surface area contributed by atoms with Crippen LogP contribution in [0.25, 0.3) is 11.0 Å². The zero-order valence-electron chi connectivity index (χ0n) is 16.1. The number of fused-ring (bicyclic) bond motifs is 1. The number of imidazole rings is 1. The number of nitrogens with one attached hydrogen (secondary N) is 3. The van der Waals surface area contributed by atoms with Gasteiger partial charge in [0.05, 0.1) is 16.7 Å². The molecule has 1 atom stereocenters. The molecule has 3 amide bonds. The molecule has 1 unspecified atom stereocenters. The van der Waals surface area contributed by atoms with Crippen molar-refractivity contribution in [2.75, 3.05) is 5.32 Å². The summed E-state index contributed by atoms with van der Waals surface area (Å²) in [6.45, 7) is 1.16. The molecule has 0 aliphatic heterocycles. The van der Waals surface area contributed by atoms with Crippen LogP contribution < -0.4 is 22.5 Å². The Labute approximate surface area is 173 Å². The number of carbonyl (C=O) groups excluding carboxylic acids is 4. The number of amides is 3. The summed E-state index contributed by atoms with van der Waals surface area (Å²) in [5.41, 5.74) is 11.3. The fraction of sp³-hybridized carbons (Fsp3) is 0.105. The molecule has 0 saturated carbocycles. The topological polar surface area (TPSA) is 206 Å². The van der Waals surface area contributed by atoms with Gasteiger partial charge in [-0.1, -0.05) is 0 Å². The van der Waals surface area contributed by atoms with Crippen LogP contribution in [-0.2, 0) is 9.59 Å². The van der Waals surface area contributed by atoms with Gasteiger partial charge in [-0.05, 0) is 43.3 Å². The van der Waals surface area contributed by atoms with Crippen molar-refractivity contribution in [3.05, 3.63) is 58.0 Å². The largest absolute Gasteiger partial charge is 0.366 e. The molecule has 7 N–H and O–H groups in total. The van der Waals surface area contributed by atoms with Gasteiger partial charge >= 0.3 is 5.69 Å². The zero-order valence-corrected chi connectivity index (χ0v) is 16.1. The first kappa shape index (κ1) is 21.1. The van der Waals surface area contributed by atoms with Crippen molar-refractivity contribution in [2.24, 2.45) is 21.7 Å². The highest BCUT2D eigenvalue weighted by molar-refractivity contribution is 6.10. The molecule has 3 aromatic rings. The highest BCUT2D eigenvalue weighted by Gasteiger charge is 2.23. The van der Waals surface area contributed by atoms with E-state index in [1.165, 1.54) is 30.3 Å². The minimum atomic E-state index is -1.50. The molecule has 158 valence electrons. The van der Waals surface area contributed by atoms with Crippen LogP contribution in [0.3, 0.4) is 0 Å². The summed E-state index contributed by atoms with van der Waals surface area (Å²) in [6.07, 6.45) is 0. The van der Waals surface area contributed by atoms with Gasteiger partial charge in [0.1, 0.15) is 0 Å². The summed E-state index contributed by atoms with van der Waals surface area (Å²) < 4.78 is 0. The number of aromatic amines is 2. The molecule has 2 aromatic carbocycles. The first-order valence-corrected chi connectivity index (χ1v) is 8.83. The Kier molecular flexibility index (Phi) is 5.72. The van der Waals surface area contributed by atoms with Crippen LogP contribution in [0, 0.1) is 0 Å². The predicted molar refractivity (Wildman–Crippen MR) is 110 cm³/mol. The lowest BCUT2D eigenvalue weighted by Gasteiger charge is -2.09. The van der Waals surface area contributed by atoms with E-state index >= 15 is 0 Å². The highest BCUT2D eigenvalue weighted by Crippen LogP contribution is 2.20. The standard InChI is InChI=1S/C19H17N7O5/c1-8(27)15(18(30)22-11-2-3-13-14(7-11)24-19(31)23-13)26-25-12-5-9(16(20)28)4-10(6-12)17(21)29/h2-7,15H,1H3,(H2,20,28)(H2,21,29)(H,22,30)(H2,23,24,31)/b26-25-. The maximum Gasteiger partial charge on any atom is 0.323 e. The van der Waals surface area contributed by atoms with E-state index in [9.17, 15) is 24.0 Å². The number of hydrogen-bond acceptors (Lipinski definition) is 7. The van der Waals surface area contributed by atoms with E-state index in [0.29, 0.717) is 16.7 Å². The van der Waals surface area contributed by atoms with Crippen molar-refractivity contribution in [1.29, 1.82) is 0 Å². The third kappa shape index (κ3) is 4.87. The van der Waals surface area contributed by atoms with Gasteiger partial charge in [0.25, 0.3) is 5.91 Å². The smallest absolute Gasteiger partial charge is 0.323 e. The van der Waals surface area contributed by atoms with Crippen molar-refractivity contribution in [3.63, 3.8) is 0 Å². The average molecular weight is 423 g/mol. The third-order valence-electron chi connectivity index (χ3n) is 4.19. The van der Waals surface area contributed by atoms with E-state index in [0.717, 1.165) is 6.92 Å². The first-order valence-electron chi connectivity index (χ1n) is 8.83. The van der Waals surface area contributed by atoms with E-state index in [4.69, 9.17) is 11.5 Å². The van der Waals surface area contributed by atoms with Crippen LogP contribution in [0.2, 0.25) is 0 Å². The number of anilines is 1. The Morgan fingerprint density at radius 3 is 2.13 bits per heavy atom. The second-order valence-corrected chi connectivity index (χ2v) is 6.55. The van der Waals surface area contributed by atoms with Crippen molar-refractivity contribution < 1.29 is 19.2 Å². The molecule has 0 spiro atoms. The lowest BCUT2D eigenvalue weighted by molar-refractivity contribution is -0.126. The molecule has 0 radical (unpaired) electrons. The number of primary amides is 2. The average Bonchev–Trinajstić information content (AvgIpc) is 3.06. The van der Waals surface area contributed by atoms with Crippen molar-refractivity contribution in [1.82, 2.24) is 9.97 Å². The Balaban J connectivity index is 1.86. The van der Waals surface area contributed by atoms with Gasteiger partial charge in [0.2, 0.25) is 17.9 Å². The minimum Gasteiger partial charge on any atom is -0.366 e. The SMILES string of the molecule is CC(=O)C(/N=N\c1cc(C(N)=O)cc(C(N)=O)c1)C(=O)Nc1ccc2[nH]c(=O)[nH]c2c1. The number of H-pyrrole nitrogens is 2. The maximum absolute atomic E-state index is 12.6. The van der Waals surface area contributed by atoms with Crippen molar-refractivity contribution in [3.8, 4) is 0 Å². The maximum atomic E-state index is 12.6. The fourth-order valence-corrected chi connectivity index (χ4v) is 2.72. The molecule has 1 heterocycles. The van der Waals surface area contributed by atoms with E-state index in [1.54, 1.807) is 6.07 Å². The lowest BCUT2D eigenvalue weighted by atomic mass is 10.1. The normalized spacial score (nSPS) is 12.0. The number of hydrogen-bond donors (Lipinski definition) is 5. The number of nitrogens with zero attached hydrogens (tertiary/aromatic N) is 2. The van der Waals surface area contributed by atoms with E-state index in [2.05, 4.69) is 25.5 Å². The Hall–Kier alpha value is -4.61. The number of carbonyl (C=O) groups is 4. The molecule has 0 bridgehead atoms. The number of Topliss-reactive ketones (excluding diaryl/α,β-unsaturated/α-hetero) is 1. The van der Waals surface area contributed by atoms with Gasteiger partial charge in [-0.15, -0.1) is 0 Å². The molecular formula is C19H17N7O5. The molecule has 31 heavy (non-hydrogen) atoms. The number of ketones is 1. The number of aromatic nitrogens is 2. The molecule has 12 nitrogen and oxygen atoms in total.